The number of rotatable bonds is 6. The molecule has 0 aliphatic carbocycles. The van der Waals surface area contributed by atoms with Crippen molar-refractivity contribution < 1.29 is 9.47 Å². The van der Waals surface area contributed by atoms with E-state index in [1.54, 1.807) is 6.08 Å². The van der Waals surface area contributed by atoms with Crippen molar-refractivity contribution in [3.05, 3.63) is 25.3 Å². The molecule has 1 aliphatic heterocycles. The molecule has 1 fully saturated rings. The fourth-order valence-electron chi connectivity index (χ4n) is 1.75. The summed E-state index contributed by atoms with van der Waals surface area (Å²) in [7, 11) is 0. The highest BCUT2D eigenvalue weighted by Crippen LogP contribution is 2.21. The van der Waals surface area contributed by atoms with Gasteiger partial charge < -0.3 is 9.47 Å². The molecule has 1 heterocycles. The second kappa shape index (κ2) is 6.80. The van der Waals surface area contributed by atoms with Gasteiger partial charge in [-0.15, -0.1) is 13.2 Å². The van der Waals surface area contributed by atoms with E-state index < -0.39 is 0 Å². The first-order valence-electron chi connectivity index (χ1n) is 5.33. The summed E-state index contributed by atoms with van der Waals surface area (Å²) in [5, 5.41) is 0. The molecule has 0 unspecified atom stereocenters. The Kier molecular flexibility index (Phi) is 5.57. The SMILES string of the molecule is C=CCC[C@@H]1OCCC[C@H]1OCC=C. The highest BCUT2D eigenvalue weighted by atomic mass is 16.5. The van der Waals surface area contributed by atoms with E-state index in [0.717, 1.165) is 32.3 Å². The Morgan fingerprint density at radius 3 is 2.93 bits per heavy atom. The largest absolute Gasteiger partial charge is 0.376 e. The maximum atomic E-state index is 5.68. The number of allylic oxidation sites excluding steroid dienone is 1. The van der Waals surface area contributed by atoms with Crippen LogP contribution in [0.1, 0.15) is 25.7 Å². The van der Waals surface area contributed by atoms with Crippen LogP contribution >= 0.6 is 0 Å². The molecule has 1 rings (SSSR count). The van der Waals surface area contributed by atoms with E-state index >= 15 is 0 Å². The molecule has 0 aromatic heterocycles. The van der Waals surface area contributed by atoms with Crippen LogP contribution in [0.15, 0.2) is 25.3 Å². The van der Waals surface area contributed by atoms with Crippen LogP contribution in [-0.4, -0.2) is 25.4 Å². The minimum atomic E-state index is 0.252. The standard InChI is InChI=1S/C12H20O2/c1-3-5-7-11-12(13-9-4-2)8-6-10-14-11/h3-4,11-12H,1-2,5-10H2/t11-,12+/m0/s1. The van der Waals surface area contributed by atoms with Crippen LogP contribution in [-0.2, 0) is 9.47 Å². The molecule has 2 heteroatoms. The van der Waals surface area contributed by atoms with Crippen molar-refractivity contribution >= 4 is 0 Å². The summed E-state index contributed by atoms with van der Waals surface area (Å²) in [6, 6.07) is 0. The Morgan fingerprint density at radius 1 is 1.36 bits per heavy atom. The minimum absolute atomic E-state index is 0.252. The molecule has 14 heavy (non-hydrogen) atoms. The van der Waals surface area contributed by atoms with E-state index in [4.69, 9.17) is 9.47 Å². The highest BCUT2D eigenvalue weighted by molar-refractivity contribution is 4.80. The van der Waals surface area contributed by atoms with Gasteiger partial charge in [0.2, 0.25) is 0 Å². The van der Waals surface area contributed by atoms with Gasteiger partial charge in [-0.1, -0.05) is 12.2 Å². The monoisotopic (exact) mass is 196 g/mol. The first-order valence-corrected chi connectivity index (χ1v) is 5.33. The quantitative estimate of drug-likeness (QED) is 0.608. The Hall–Kier alpha value is -0.600. The third-order valence-corrected chi connectivity index (χ3v) is 2.46. The summed E-state index contributed by atoms with van der Waals surface area (Å²) >= 11 is 0. The van der Waals surface area contributed by atoms with E-state index in [9.17, 15) is 0 Å². The Balaban J connectivity index is 2.33. The van der Waals surface area contributed by atoms with Crippen LogP contribution in [0, 0.1) is 0 Å². The first kappa shape index (κ1) is 11.5. The van der Waals surface area contributed by atoms with Crippen molar-refractivity contribution in [2.75, 3.05) is 13.2 Å². The Morgan fingerprint density at radius 2 is 2.21 bits per heavy atom. The lowest BCUT2D eigenvalue weighted by Gasteiger charge is -2.31. The molecule has 0 spiro atoms. The fraction of sp³-hybridized carbons (Fsp3) is 0.667. The van der Waals surface area contributed by atoms with Gasteiger partial charge in [0.15, 0.2) is 0 Å². The first-order chi connectivity index (χ1) is 6.88. The van der Waals surface area contributed by atoms with Crippen molar-refractivity contribution in [2.45, 2.75) is 37.9 Å². The van der Waals surface area contributed by atoms with Crippen molar-refractivity contribution in [3.63, 3.8) is 0 Å². The summed E-state index contributed by atoms with van der Waals surface area (Å²) in [5.74, 6) is 0. The molecule has 0 aromatic rings. The maximum Gasteiger partial charge on any atom is 0.0841 e. The molecular weight excluding hydrogens is 176 g/mol. The van der Waals surface area contributed by atoms with E-state index in [-0.39, 0.29) is 12.2 Å². The second-order valence-electron chi connectivity index (χ2n) is 3.58. The smallest absolute Gasteiger partial charge is 0.0841 e. The minimum Gasteiger partial charge on any atom is -0.376 e. The van der Waals surface area contributed by atoms with Gasteiger partial charge >= 0.3 is 0 Å². The Bertz CT molecular complexity index is 157. The molecule has 1 saturated heterocycles. The van der Waals surface area contributed by atoms with Crippen molar-refractivity contribution in [1.29, 1.82) is 0 Å². The van der Waals surface area contributed by atoms with Gasteiger partial charge in [0.25, 0.3) is 0 Å². The third kappa shape index (κ3) is 3.64. The zero-order valence-corrected chi connectivity index (χ0v) is 8.78. The Labute approximate surface area is 86.6 Å². The number of hydrogen-bond donors (Lipinski definition) is 0. The molecule has 80 valence electrons. The summed E-state index contributed by atoms with van der Waals surface area (Å²) < 4.78 is 11.3. The lowest BCUT2D eigenvalue weighted by molar-refractivity contribution is -0.101. The molecule has 0 radical (unpaired) electrons. The zero-order valence-electron chi connectivity index (χ0n) is 8.78. The van der Waals surface area contributed by atoms with E-state index in [2.05, 4.69) is 13.2 Å². The van der Waals surface area contributed by atoms with Crippen LogP contribution in [0.2, 0.25) is 0 Å². The summed E-state index contributed by atoms with van der Waals surface area (Å²) in [6.07, 6.45) is 8.46. The van der Waals surface area contributed by atoms with Gasteiger partial charge in [0.1, 0.15) is 0 Å². The van der Waals surface area contributed by atoms with Crippen LogP contribution < -0.4 is 0 Å². The van der Waals surface area contributed by atoms with Gasteiger partial charge in [-0.3, -0.25) is 0 Å². The van der Waals surface area contributed by atoms with Gasteiger partial charge in [0.05, 0.1) is 18.8 Å². The molecule has 0 N–H and O–H groups in total. The van der Waals surface area contributed by atoms with Crippen molar-refractivity contribution in [2.24, 2.45) is 0 Å². The second-order valence-corrected chi connectivity index (χ2v) is 3.58. The lowest BCUT2D eigenvalue weighted by atomic mass is 10.0. The summed E-state index contributed by atoms with van der Waals surface area (Å²) in [4.78, 5) is 0. The predicted molar refractivity (Wildman–Crippen MR) is 58.3 cm³/mol. The molecule has 0 aromatic carbocycles. The average molecular weight is 196 g/mol. The normalized spacial score (nSPS) is 27.1. The topological polar surface area (TPSA) is 18.5 Å². The molecule has 0 amide bonds. The van der Waals surface area contributed by atoms with E-state index in [1.807, 2.05) is 6.08 Å². The molecule has 2 atom stereocenters. The molecular formula is C12H20O2. The maximum absolute atomic E-state index is 5.68. The van der Waals surface area contributed by atoms with Gasteiger partial charge in [-0.25, -0.2) is 0 Å². The van der Waals surface area contributed by atoms with Gasteiger partial charge in [-0.2, -0.15) is 0 Å². The molecule has 2 nitrogen and oxygen atoms in total. The lowest BCUT2D eigenvalue weighted by Crippen LogP contribution is -2.36. The molecule has 1 aliphatic rings. The van der Waals surface area contributed by atoms with Crippen LogP contribution in [0.5, 0.6) is 0 Å². The zero-order chi connectivity index (χ0) is 10.2. The van der Waals surface area contributed by atoms with E-state index in [1.165, 1.54) is 0 Å². The van der Waals surface area contributed by atoms with Gasteiger partial charge in [-0.05, 0) is 25.7 Å². The molecule has 0 saturated carbocycles. The van der Waals surface area contributed by atoms with Crippen LogP contribution in [0.4, 0.5) is 0 Å². The summed E-state index contributed by atoms with van der Waals surface area (Å²) in [6.45, 7) is 8.86. The van der Waals surface area contributed by atoms with Crippen LogP contribution in [0.3, 0.4) is 0 Å². The summed E-state index contributed by atoms with van der Waals surface area (Å²) in [5.41, 5.74) is 0. The highest BCUT2D eigenvalue weighted by Gasteiger charge is 2.25. The van der Waals surface area contributed by atoms with Crippen molar-refractivity contribution in [3.8, 4) is 0 Å². The van der Waals surface area contributed by atoms with Crippen molar-refractivity contribution in [1.82, 2.24) is 0 Å². The fourth-order valence-corrected chi connectivity index (χ4v) is 1.75. The number of hydrogen-bond acceptors (Lipinski definition) is 2. The predicted octanol–water partition coefficient (Wildman–Crippen LogP) is 2.70. The average Bonchev–Trinajstić information content (AvgIpc) is 2.24. The van der Waals surface area contributed by atoms with Gasteiger partial charge in [0, 0.05) is 6.61 Å². The third-order valence-electron chi connectivity index (χ3n) is 2.46. The number of ether oxygens (including phenoxy) is 2. The van der Waals surface area contributed by atoms with E-state index in [0.29, 0.717) is 6.61 Å². The van der Waals surface area contributed by atoms with Crippen LogP contribution in [0.25, 0.3) is 0 Å². The molecule has 0 bridgehead atoms.